The summed E-state index contributed by atoms with van der Waals surface area (Å²) in [4.78, 5) is 28.8. The second-order valence-electron chi connectivity index (χ2n) is 7.69. The van der Waals surface area contributed by atoms with Gasteiger partial charge in [-0.25, -0.2) is 4.79 Å². The van der Waals surface area contributed by atoms with E-state index in [4.69, 9.17) is 9.47 Å². The Labute approximate surface area is 159 Å². The summed E-state index contributed by atoms with van der Waals surface area (Å²) in [5.74, 6) is -0.0737. The molecule has 0 aliphatic carbocycles. The van der Waals surface area contributed by atoms with Crippen molar-refractivity contribution in [3.63, 3.8) is 0 Å². The summed E-state index contributed by atoms with van der Waals surface area (Å²) in [7, 11) is 0. The van der Waals surface area contributed by atoms with Gasteiger partial charge < -0.3 is 24.6 Å². The Morgan fingerprint density at radius 1 is 1.26 bits per heavy atom. The molecule has 0 saturated carbocycles. The molecule has 2 fully saturated rings. The number of amides is 3. The third-order valence-electron chi connectivity index (χ3n) is 5.68. The van der Waals surface area contributed by atoms with Gasteiger partial charge in [-0.05, 0) is 25.0 Å². The molecule has 1 aromatic carbocycles. The number of rotatable bonds is 2. The maximum Gasteiger partial charge on any atom is 0.318 e. The zero-order valence-electron chi connectivity index (χ0n) is 15.8. The molecule has 2 saturated heterocycles. The molecule has 0 aromatic heterocycles. The van der Waals surface area contributed by atoms with Crippen molar-refractivity contribution < 1.29 is 19.1 Å². The highest BCUT2D eigenvalue weighted by molar-refractivity contribution is 5.98. The minimum absolute atomic E-state index is 0.00895. The van der Waals surface area contributed by atoms with E-state index in [9.17, 15) is 9.59 Å². The maximum absolute atomic E-state index is 12.7. The van der Waals surface area contributed by atoms with Crippen molar-refractivity contribution in [2.75, 3.05) is 44.3 Å². The van der Waals surface area contributed by atoms with Crippen molar-refractivity contribution in [3.8, 4) is 0 Å². The number of morpholine rings is 1. The van der Waals surface area contributed by atoms with Crippen molar-refractivity contribution in [1.29, 1.82) is 0 Å². The number of hydrogen-bond acceptors (Lipinski definition) is 4. The Hall–Kier alpha value is -2.12. The molecule has 0 bridgehead atoms. The Balaban J connectivity index is 1.34. The van der Waals surface area contributed by atoms with Gasteiger partial charge in [0.05, 0.1) is 24.8 Å². The van der Waals surface area contributed by atoms with Gasteiger partial charge in [-0.15, -0.1) is 0 Å². The Bertz CT molecular complexity index is 717. The standard InChI is InChI=1S/C20H27N3O4/c1-15-13-22(14-20(27-15)7-10-26-11-8-20)19(25)21-12-18(24)23-9-6-16-4-2-3-5-17(16)23/h2-5,15H,6-14H2,1H3,(H,21,25). The second-order valence-corrected chi connectivity index (χ2v) is 7.69. The second kappa shape index (κ2) is 7.48. The summed E-state index contributed by atoms with van der Waals surface area (Å²) in [6.45, 7) is 5.08. The van der Waals surface area contributed by atoms with E-state index in [-0.39, 0.29) is 30.2 Å². The van der Waals surface area contributed by atoms with Crippen LogP contribution in [-0.2, 0) is 20.7 Å². The van der Waals surface area contributed by atoms with Crippen molar-refractivity contribution >= 4 is 17.6 Å². The van der Waals surface area contributed by atoms with E-state index in [0.29, 0.717) is 32.8 Å². The Morgan fingerprint density at radius 3 is 2.85 bits per heavy atom. The van der Waals surface area contributed by atoms with Gasteiger partial charge in [-0.2, -0.15) is 0 Å². The third kappa shape index (κ3) is 3.80. The number of fused-ring (bicyclic) bond motifs is 1. The predicted molar refractivity (Wildman–Crippen MR) is 101 cm³/mol. The largest absolute Gasteiger partial charge is 0.381 e. The summed E-state index contributed by atoms with van der Waals surface area (Å²) < 4.78 is 11.6. The molecule has 1 spiro atoms. The van der Waals surface area contributed by atoms with Crippen LogP contribution < -0.4 is 10.2 Å². The lowest BCUT2D eigenvalue weighted by Gasteiger charge is -2.47. The molecular weight excluding hydrogens is 346 g/mol. The van der Waals surface area contributed by atoms with E-state index < -0.39 is 0 Å². The van der Waals surface area contributed by atoms with Gasteiger partial charge in [0.15, 0.2) is 0 Å². The first kappa shape index (κ1) is 18.3. The number of nitrogens with zero attached hydrogens (tertiary/aromatic N) is 2. The van der Waals surface area contributed by atoms with E-state index in [1.54, 1.807) is 9.80 Å². The number of hydrogen-bond donors (Lipinski definition) is 1. The molecule has 1 N–H and O–H groups in total. The minimum atomic E-state index is -0.314. The number of anilines is 1. The van der Waals surface area contributed by atoms with E-state index in [0.717, 1.165) is 24.9 Å². The Kier molecular flexibility index (Phi) is 5.06. The molecule has 1 aromatic rings. The van der Waals surface area contributed by atoms with Crippen LogP contribution in [0.4, 0.5) is 10.5 Å². The van der Waals surface area contributed by atoms with Crippen molar-refractivity contribution in [2.24, 2.45) is 0 Å². The van der Waals surface area contributed by atoms with Crippen LogP contribution >= 0.6 is 0 Å². The zero-order valence-corrected chi connectivity index (χ0v) is 15.8. The fourth-order valence-corrected chi connectivity index (χ4v) is 4.35. The number of nitrogens with one attached hydrogen (secondary N) is 1. The number of carbonyl (C=O) groups is 2. The van der Waals surface area contributed by atoms with Gasteiger partial charge in [0, 0.05) is 44.8 Å². The highest BCUT2D eigenvalue weighted by Crippen LogP contribution is 2.31. The van der Waals surface area contributed by atoms with E-state index in [2.05, 4.69) is 5.32 Å². The number of para-hydroxylation sites is 1. The number of urea groups is 1. The van der Waals surface area contributed by atoms with Crippen molar-refractivity contribution in [1.82, 2.24) is 10.2 Å². The molecule has 1 unspecified atom stereocenters. The fourth-order valence-electron chi connectivity index (χ4n) is 4.35. The maximum atomic E-state index is 12.7. The van der Waals surface area contributed by atoms with Crippen molar-refractivity contribution in [2.45, 2.75) is 37.9 Å². The summed E-state index contributed by atoms with van der Waals surface area (Å²) in [6.07, 6.45) is 2.43. The normalized spacial score (nSPS) is 24.0. The summed E-state index contributed by atoms with van der Waals surface area (Å²) in [5.41, 5.74) is 1.82. The molecule has 3 aliphatic heterocycles. The number of ether oxygens (including phenoxy) is 2. The molecule has 146 valence electrons. The molecule has 3 amide bonds. The molecular formula is C20H27N3O4. The van der Waals surface area contributed by atoms with Crippen LogP contribution in [0.5, 0.6) is 0 Å². The van der Waals surface area contributed by atoms with Crippen LogP contribution in [0.1, 0.15) is 25.3 Å². The van der Waals surface area contributed by atoms with Gasteiger partial charge in [-0.1, -0.05) is 18.2 Å². The monoisotopic (exact) mass is 373 g/mol. The van der Waals surface area contributed by atoms with Crippen LogP contribution in [0, 0.1) is 0 Å². The highest BCUT2D eigenvalue weighted by Gasteiger charge is 2.42. The molecule has 27 heavy (non-hydrogen) atoms. The lowest BCUT2D eigenvalue weighted by Crippen LogP contribution is -2.60. The van der Waals surface area contributed by atoms with Crippen molar-refractivity contribution in [3.05, 3.63) is 29.8 Å². The van der Waals surface area contributed by atoms with Crippen LogP contribution in [0.15, 0.2) is 24.3 Å². The molecule has 7 heteroatoms. The first-order valence-corrected chi connectivity index (χ1v) is 9.73. The molecule has 4 rings (SSSR count). The topological polar surface area (TPSA) is 71.1 Å². The highest BCUT2D eigenvalue weighted by atomic mass is 16.5. The van der Waals surface area contributed by atoms with Gasteiger partial charge >= 0.3 is 6.03 Å². The van der Waals surface area contributed by atoms with E-state index in [1.165, 1.54) is 5.56 Å². The smallest absolute Gasteiger partial charge is 0.318 e. The molecule has 0 radical (unpaired) electrons. The quantitative estimate of drug-likeness (QED) is 0.854. The minimum Gasteiger partial charge on any atom is -0.381 e. The summed E-state index contributed by atoms with van der Waals surface area (Å²) in [5, 5.41) is 2.81. The van der Waals surface area contributed by atoms with Crippen LogP contribution in [0.25, 0.3) is 0 Å². The zero-order chi connectivity index (χ0) is 18.9. The lowest BCUT2D eigenvalue weighted by atomic mass is 9.91. The van der Waals surface area contributed by atoms with Crippen LogP contribution in [0.3, 0.4) is 0 Å². The first-order valence-electron chi connectivity index (χ1n) is 9.73. The Morgan fingerprint density at radius 2 is 2.04 bits per heavy atom. The lowest BCUT2D eigenvalue weighted by molar-refractivity contribution is -0.175. The predicted octanol–water partition coefficient (Wildman–Crippen LogP) is 1.56. The third-order valence-corrected chi connectivity index (χ3v) is 5.68. The summed E-state index contributed by atoms with van der Waals surface area (Å²) >= 11 is 0. The van der Waals surface area contributed by atoms with E-state index in [1.807, 2.05) is 31.2 Å². The average Bonchev–Trinajstić information content (AvgIpc) is 3.10. The number of carbonyl (C=O) groups excluding carboxylic acids is 2. The van der Waals surface area contributed by atoms with Crippen LogP contribution in [-0.4, -0.2) is 67.9 Å². The van der Waals surface area contributed by atoms with Gasteiger partial charge in [0.25, 0.3) is 0 Å². The first-order chi connectivity index (χ1) is 13.1. The molecule has 3 aliphatic rings. The number of benzene rings is 1. The SMILES string of the molecule is CC1CN(C(=O)NCC(=O)N2CCc3ccccc32)CC2(CCOCC2)O1. The molecule has 1 atom stereocenters. The fraction of sp³-hybridized carbons (Fsp3) is 0.600. The van der Waals surface area contributed by atoms with E-state index >= 15 is 0 Å². The molecule has 3 heterocycles. The van der Waals surface area contributed by atoms with Gasteiger partial charge in [-0.3, -0.25) is 4.79 Å². The molecule has 7 nitrogen and oxygen atoms in total. The van der Waals surface area contributed by atoms with Crippen LogP contribution in [0.2, 0.25) is 0 Å². The van der Waals surface area contributed by atoms with Gasteiger partial charge in [0.1, 0.15) is 0 Å². The summed E-state index contributed by atoms with van der Waals surface area (Å²) in [6, 6.07) is 7.73. The van der Waals surface area contributed by atoms with Gasteiger partial charge in [0.2, 0.25) is 5.91 Å². The average molecular weight is 373 g/mol.